The van der Waals surface area contributed by atoms with Gasteiger partial charge in [-0.15, -0.1) is 0 Å². The molecule has 2 rings (SSSR count). The summed E-state index contributed by atoms with van der Waals surface area (Å²) in [5, 5.41) is 7.47. The van der Waals surface area contributed by atoms with Gasteiger partial charge in [-0.05, 0) is 32.2 Å². The van der Waals surface area contributed by atoms with Crippen LogP contribution in [-0.4, -0.2) is 25.2 Å². The largest absolute Gasteiger partial charge is 0.313 e. The molecule has 16 heavy (non-hydrogen) atoms. The molecule has 0 amide bonds. The van der Waals surface area contributed by atoms with Crippen LogP contribution >= 0.6 is 0 Å². The molecule has 1 aliphatic heterocycles. The lowest BCUT2D eigenvalue weighted by Crippen LogP contribution is -2.42. The summed E-state index contributed by atoms with van der Waals surface area (Å²) in [5.41, 5.74) is 0. The monoisotopic (exact) mass is 224 g/mol. The molecule has 0 radical (unpaired) electrons. The van der Waals surface area contributed by atoms with Gasteiger partial charge in [0.2, 0.25) is 0 Å². The Kier molecular flexibility index (Phi) is 5.64. The Labute approximate surface area is 101 Å². The van der Waals surface area contributed by atoms with Gasteiger partial charge in [-0.3, -0.25) is 0 Å². The topological polar surface area (TPSA) is 24.1 Å². The third kappa shape index (κ3) is 4.42. The molecule has 0 aromatic heterocycles. The lowest BCUT2D eigenvalue weighted by molar-refractivity contribution is 0.401. The van der Waals surface area contributed by atoms with Gasteiger partial charge in [-0.2, -0.15) is 0 Å². The van der Waals surface area contributed by atoms with Crippen molar-refractivity contribution in [3.63, 3.8) is 0 Å². The lowest BCUT2D eigenvalue weighted by atomic mass is 10.1. The average molecular weight is 224 g/mol. The van der Waals surface area contributed by atoms with Crippen LogP contribution < -0.4 is 10.6 Å². The predicted octanol–water partition coefficient (Wildman–Crippen LogP) is 2.83. The van der Waals surface area contributed by atoms with Crippen LogP contribution in [0.3, 0.4) is 0 Å². The van der Waals surface area contributed by atoms with E-state index in [4.69, 9.17) is 0 Å². The molecular formula is C14H28N2. The fourth-order valence-electron chi connectivity index (χ4n) is 3.07. The second kappa shape index (κ2) is 7.29. The minimum absolute atomic E-state index is 0.741. The van der Waals surface area contributed by atoms with E-state index in [1.54, 1.807) is 0 Å². The van der Waals surface area contributed by atoms with Crippen molar-refractivity contribution >= 4 is 0 Å². The summed E-state index contributed by atoms with van der Waals surface area (Å²) in [5.74, 6) is 0. The number of rotatable bonds is 3. The SMILES string of the molecule is C1CCCC(NCC2CCCCCN2)CC1. The molecule has 1 heterocycles. The molecule has 2 fully saturated rings. The van der Waals surface area contributed by atoms with E-state index in [1.807, 2.05) is 0 Å². The van der Waals surface area contributed by atoms with Crippen LogP contribution in [0, 0.1) is 0 Å². The Bertz CT molecular complexity index is 146. The molecule has 2 N–H and O–H groups in total. The first-order valence-corrected chi connectivity index (χ1v) is 7.42. The highest BCUT2D eigenvalue weighted by molar-refractivity contribution is 4.77. The first-order chi connectivity index (χ1) is 7.95. The molecule has 0 bridgehead atoms. The predicted molar refractivity (Wildman–Crippen MR) is 69.8 cm³/mol. The molecule has 0 spiro atoms. The molecule has 1 saturated heterocycles. The minimum Gasteiger partial charge on any atom is -0.313 e. The van der Waals surface area contributed by atoms with Gasteiger partial charge >= 0.3 is 0 Å². The van der Waals surface area contributed by atoms with Crippen LogP contribution in [0.1, 0.15) is 64.2 Å². The summed E-state index contributed by atoms with van der Waals surface area (Å²) in [6, 6.07) is 1.55. The Hall–Kier alpha value is -0.0800. The lowest BCUT2D eigenvalue weighted by Gasteiger charge is -2.21. The molecule has 2 heteroatoms. The Morgan fingerprint density at radius 2 is 1.50 bits per heavy atom. The maximum absolute atomic E-state index is 3.80. The van der Waals surface area contributed by atoms with Crippen LogP contribution in [-0.2, 0) is 0 Å². The fraction of sp³-hybridized carbons (Fsp3) is 1.00. The van der Waals surface area contributed by atoms with Gasteiger partial charge in [0, 0.05) is 18.6 Å². The van der Waals surface area contributed by atoms with Gasteiger partial charge in [0.25, 0.3) is 0 Å². The molecule has 0 aromatic rings. The highest BCUT2D eigenvalue weighted by Gasteiger charge is 2.15. The zero-order valence-electron chi connectivity index (χ0n) is 10.6. The van der Waals surface area contributed by atoms with Crippen LogP contribution in [0.25, 0.3) is 0 Å². The molecule has 1 unspecified atom stereocenters. The van der Waals surface area contributed by atoms with E-state index in [-0.39, 0.29) is 0 Å². The standard InChI is InChI=1S/C14H28N2/c1-2-5-9-13(8-4-1)16-12-14-10-6-3-7-11-15-14/h13-16H,1-12H2. The van der Waals surface area contributed by atoms with Crippen LogP contribution in [0.5, 0.6) is 0 Å². The summed E-state index contributed by atoms with van der Waals surface area (Å²) in [7, 11) is 0. The van der Waals surface area contributed by atoms with Gasteiger partial charge in [-0.25, -0.2) is 0 Å². The summed E-state index contributed by atoms with van der Waals surface area (Å²) >= 11 is 0. The third-order valence-electron chi connectivity index (χ3n) is 4.17. The molecule has 94 valence electrons. The second-order valence-corrected chi connectivity index (χ2v) is 5.60. The molecule has 1 aliphatic carbocycles. The Morgan fingerprint density at radius 1 is 0.812 bits per heavy atom. The zero-order chi connectivity index (χ0) is 11.1. The second-order valence-electron chi connectivity index (χ2n) is 5.60. The van der Waals surface area contributed by atoms with Crippen LogP contribution in [0.2, 0.25) is 0 Å². The van der Waals surface area contributed by atoms with E-state index >= 15 is 0 Å². The Balaban J connectivity index is 1.64. The summed E-state index contributed by atoms with van der Waals surface area (Å²) in [6.45, 7) is 2.43. The third-order valence-corrected chi connectivity index (χ3v) is 4.17. The van der Waals surface area contributed by atoms with Crippen molar-refractivity contribution in [2.45, 2.75) is 76.3 Å². The number of hydrogen-bond acceptors (Lipinski definition) is 2. The van der Waals surface area contributed by atoms with E-state index < -0.39 is 0 Å². The van der Waals surface area contributed by atoms with Crippen LogP contribution in [0.15, 0.2) is 0 Å². The van der Waals surface area contributed by atoms with Crippen molar-refractivity contribution in [2.75, 3.05) is 13.1 Å². The van der Waals surface area contributed by atoms with E-state index in [0.29, 0.717) is 0 Å². The normalized spacial score (nSPS) is 29.6. The molecule has 1 saturated carbocycles. The quantitative estimate of drug-likeness (QED) is 0.720. The van der Waals surface area contributed by atoms with E-state index in [0.717, 1.165) is 12.1 Å². The number of hydrogen-bond donors (Lipinski definition) is 2. The van der Waals surface area contributed by atoms with Gasteiger partial charge in [0.1, 0.15) is 0 Å². The van der Waals surface area contributed by atoms with Crippen molar-refractivity contribution in [2.24, 2.45) is 0 Å². The van der Waals surface area contributed by atoms with Gasteiger partial charge < -0.3 is 10.6 Å². The van der Waals surface area contributed by atoms with Crippen LogP contribution in [0.4, 0.5) is 0 Å². The van der Waals surface area contributed by atoms with E-state index in [1.165, 1.54) is 77.3 Å². The first-order valence-electron chi connectivity index (χ1n) is 7.42. The summed E-state index contributed by atoms with van der Waals surface area (Å²) in [6.07, 6.45) is 14.2. The average Bonchev–Trinajstić information content (AvgIpc) is 2.71. The molecule has 2 nitrogen and oxygen atoms in total. The van der Waals surface area contributed by atoms with E-state index in [9.17, 15) is 0 Å². The van der Waals surface area contributed by atoms with Crippen molar-refractivity contribution in [3.05, 3.63) is 0 Å². The van der Waals surface area contributed by atoms with E-state index in [2.05, 4.69) is 10.6 Å². The highest BCUT2D eigenvalue weighted by Crippen LogP contribution is 2.17. The van der Waals surface area contributed by atoms with Gasteiger partial charge in [-0.1, -0.05) is 38.5 Å². The van der Waals surface area contributed by atoms with Crippen molar-refractivity contribution in [3.8, 4) is 0 Å². The highest BCUT2D eigenvalue weighted by atomic mass is 15.0. The van der Waals surface area contributed by atoms with Gasteiger partial charge in [0.15, 0.2) is 0 Å². The maximum Gasteiger partial charge on any atom is 0.0192 e. The maximum atomic E-state index is 3.80. The fourth-order valence-corrected chi connectivity index (χ4v) is 3.07. The summed E-state index contributed by atoms with van der Waals surface area (Å²) < 4.78 is 0. The number of nitrogens with one attached hydrogen (secondary N) is 2. The van der Waals surface area contributed by atoms with Gasteiger partial charge in [0.05, 0.1) is 0 Å². The smallest absolute Gasteiger partial charge is 0.0192 e. The molecular weight excluding hydrogens is 196 g/mol. The molecule has 0 aromatic carbocycles. The first kappa shape index (κ1) is 12.4. The molecule has 1 atom stereocenters. The Morgan fingerprint density at radius 3 is 2.31 bits per heavy atom. The molecule has 2 aliphatic rings. The zero-order valence-corrected chi connectivity index (χ0v) is 10.6. The van der Waals surface area contributed by atoms with Crippen molar-refractivity contribution < 1.29 is 0 Å². The van der Waals surface area contributed by atoms with Crippen molar-refractivity contribution in [1.29, 1.82) is 0 Å². The summed E-state index contributed by atoms with van der Waals surface area (Å²) in [4.78, 5) is 0. The van der Waals surface area contributed by atoms with Crippen molar-refractivity contribution in [1.82, 2.24) is 10.6 Å². The minimum atomic E-state index is 0.741.